The van der Waals surface area contributed by atoms with Crippen LogP contribution < -0.4 is 10.3 Å². The molecule has 0 bridgehead atoms. The van der Waals surface area contributed by atoms with E-state index in [1.54, 1.807) is 17.2 Å². The lowest BCUT2D eigenvalue weighted by atomic mass is 10.1. The molecule has 5 nitrogen and oxygen atoms in total. The van der Waals surface area contributed by atoms with Crippen LogP contribution in [0.5, 0.6) is 5.75 Å². The number of hydrogen-bond acceptors (Lipinski definition) is 4. The maximum Gasteiger partial charge on any atom is 0.283 e. The van der Waals surface area contributed by atoms with Crippen LogP contribution in [0.1, 0.15) is 25.8 Å². The number of nitrogens with zero attached hydrogens (tertiary/aromatic N) is 2. The first kappa shape index (κ1) is 18.7. The normalized spacial score (nSPS) is 15.2. The Morgan fingerprint density at radius 2 is 1.79 bits per heavy atom. The fourth-order valence-corrected chi connectivity index (χ4v) is 3.50. The van der Waals surface area contributed by atoms with Gasteiger partial charge in [-0.2, -0.15) is 5.10 Å². The van der Waals surface area contributed by atoms with E-state index >= 15 is 0 Å². The number of hydrogen-bond donors (Lipinski definition) is 2. The van der Waals surface area contributed by atoms with Crippen LogP contribution in [-0.4, -0.2) is 16.7 Å². The SMILES string of the molecule is CCCc1ccc(N2C=C(C)/C(=N/Nc3ccc4ccccc4c3O)C2=O)cc1. The van der Waals surface area contributed by atoms with Crippen molar-refractivity contribution >= 4 is 33.8 Å². The molecule has 29 heavy (non-hydrogen) atoms. The van der Waals surface area contributed by atoms with Crippen LogP contribution in [0.4, 0.5) is 11.4 Å². The fraction of sp³-hybridized carbons (Fsp3) is 0.167. The Hall–Kier alpha value is -3.60. The quantitative estimate of drug-likeness (QED) is 0.468. The first-order valence-corrected chi connectivity index (χ1v) is 9.74. The number of rotatable bonds is 5. The molecular weight excluding hydrogens is 362 g/mol. The van der Waals surface area contributed by atoms with Crippen molar-refractivity contribution < 1.29 is 9.90 Å². The second kappa shape index (κ2) is 7.80. The monoisotopic (exact) mass is 385 g/mol. The third-order valence-corrected chi connectivity index (χ3v) is 5.06. The summed E-state index contributed by atoms with van der Waals surface area (Å²) in [6.45, 7) is 4.00. The molecule has 1 aliphatic rings. The largest absolute Gasteiger partial charge is 0.505 e. The Morgan fingerprint density at radius 1 is 1.03 bits per heavy atom. The number of phenolic OH excluding ortho intramolecular Hbond substituents is 1. The van der Waals surface area contributed by atoms with Crippen LogP contribution >= 0.6 is 0 Å². The van der Waals surface area contributed by atoms with Crippen molar-refractivity contribution in [3.63, 3.8) is 0 Å². The molecule has 5 heteroatoms. The molecule has 2 N–H and O–H groups in total. The molecule has 3 aromatic rings. The summed E-state index contributed by atoms with van der Waals surface area (Å²) >= 11 is 0. The molecule has 0 fully saturated rings. The van der Waals surface area contributed by atoms with Crippen molar-refractivity contribution in [1.29, 1.82) is 0 Å². The van der Waals surface area contributed by atoms with Gasteiger partial charge in [-0.3, -0.25) is 15.1 Å². The molecule has 4 rings (SSSR count). The Bertz CT molecular complexity index is 1130. The highest BCUT2D eigenvalue weighted by molar-refractivity contribution is 6.52. The Morgan fingerprint density at radius 3 is 2.55 bits per heavy atom. The van der Waals surface area contributed by atoms with Crippen LogP contribution in [0.3, 0.4) is 0 Å². The lowest BCUT2D eigenvalue weighted by Gasteiger charge is -2.14. The predicted molar refractivity (Wildman–Crippen MR) is 118 cm³/mol. The fourth-order valence-electron chi connectivity index (χ4n) is 3.50. The summed E-state index contributed by atoms with van der Waals surface area (Å²) in [5, 5.41) is 16.5. The maximum atomic E-state index is 12.9. The molecule has 0 spiro atoms. The number of aromatic hydroxyl groups is 1. The van der Waals surface area contributed by atoms with Crippen molar-refractivity contribution in [2.75, 3.05) is 10.3 Å². The molecule has 0 radical (unpaired) electrons. The topological polar surface area (TPSA) is 64.9 Å². The number of amides is 1. The molecule has 0 aromatic heterocycles. The zero-order valence-corrected chi connectivity index (χ0v) is 16.5. The summed E-state index contributed by atoms with van der Waals surface area (Å²) in [6, 6.07) is 19.2. The number of fused-ring (bicyclic) bond motifs is 1. The lowest BCUT2D eigenvalue weighted by molar-refractivity contribution is -0.111. The number of phenols is 1. The van der Waals surface area contributed by atoms with Crippen LogP contribution in [0, 0.1) is 0 Å². The van der Waals surface area contributed by atoms with Gasteiger partial charge >= 0.3 is 0 Å². The van der Waals surface area contributed by atoms with Gasteiger partial charge in [0.1, 0.15) is 5.75 Å². The first-order chi connectivity index (χ1) is 14.1. The molecule has 0 unspecified atom stereocenters. The van der Waals surface area contributed by atoms with Gasteiger partial charge in [0.25, 0.3) is 5.91 Å². The Balaban J connectivity index is 1.57. The number of benzene rings is 3. The first-order valence-electron chi connectivity index (χ1n) is 9.74. The van der Waals surface area contributed by atoms with Crippen molar-refractivity contribution in [2.45, 2.75) is 26.7 Å². The molecule has 1 amide bonds. The number of carbonyl (C=O) groups excluding carboxylic acids is 1. The van der Waals surface area contributed by atoms with Gasteiger partial charge in [0.15, 0.2) is 5.71 Å². The molecule has 1 aliphatic heterocycles. The summed E-state index contributed by atoms with van der Waals surface area (Å²) in [4.78, 5) is 14.5. The standard InChI is InChI=1S/C24H23N3O2/c1-3-6-17-9-12-19(13-10-17)27-15-16(2)22(24(27)29)26-25-21-14-11-18-7-4-5-8-20(18)23(21)28/h4-5,7-15,25,28H,3,6H2,1-2H3/b26-22-. The second-order valence-electron chi connectivity index (χ2n) is 7.16. The summed E-state index contributed by atoms with van der Waals surface area (Å²) in [5.74, 6) is -0.0820. The smallest absolute Gasteiger partial charge is 0.283 e. The lowest BCUT2D eigenvalue weighted by Crippen LogP contribution is -2.26. The molecule has 0 atom stereocenters. The van der Waals surface area contributed by atoms with E-state index in [4.69, 9.17) is 0 Å². The molecule has 146 valence electrons. The third kappa shape index (κ3) is 3.59. The molecular formula is C24H23N3O2. The van der Waals surface area contributed by atoms with Crippen LogP contribution in [0.15, 0.2) is 77.5 Å². The molecule has 0 saturated carbocycles. The van der Waals surface area contributed by atoms with Gasteiger partial charge in [-0.15, -0.1) is 0 Å². The van der Waals surface area contributed by atoms with E-state index in [9.17, 15) is 9.90 Å². The van der Waals surface area contributed by atoms with E-state index in [0.29, 0.717) is 11.4 Å². The van der Waals surface area contributed by atoms with E-state index in [0.717, 1.165) is 34.9 Å². The van der Waals surface area contributed by atoms with E-state index in [1.807, 2.05) is 49.4 Å². The predicted octanol–water partition coefficient (Wildman–Crippen LogP) is 5.22. The molecule has 1 heterocycles. The summed E-state index contributed by atoms with van der Waals surface area (Å²) < 4.78 is 0. The highest BCUT2D eigenvalue weighted by atomic mass is 16.3. The van der Waals surface area contributed by atoms with Gasteiger partial charge in [-0.1, -0.05) is 55.8 Å². The minimum Gasteiger partial charge on any atom is -0.505 e. The molecule has 0 aliphatic carbocycles. The Kier molecular flexibility index (Phi) is 5.04. The van der Waals surface area contributed by atoms with Gasteiger partial charge in [0.05, 0.1) is 5.69 Å². The number of nitrogens with one attached hydrogen (secondary N) is 1. The van der Waals surface area contributed by atoms with Crippen molar-refractivity contribution in [2.24, 2.45) is 5.10 Å². The van der Waals surface area contributed by atoms with E-state index in [-0.39, 0.29) is 11.7 Å². The highest BCUT2D eigenvalue weighted by Crippen LogP contribution is 2.32. The zero-order chi connectivity index (χ0) is 20.4. The molecule has 0 saturated heterocycles. The van der Waals surface area contributed by atoms with Gasteiger partial charge in [0.2, 0.25) is 0 Å². The van der Waals surface area contributed by atoms with Crippen LogP contribution in [-0.2, 0) is 11.2 Å². The van der Waals surface area contributed by atoms with E-state index in [1.165, 1.54) is 5.56 Å². The number of hydrazone groups is 1. The number of carbonyl (C=O) groups is 1. The minimum absolute atomic E-state index is 0.114. The van der Waals surface area contributed by atoms with E-state index < -0.39 is 0 Å². The zero-order valence-electron chi connectivity index (χ0n) is 16.5. The highest BCUT2D eigenvalue weighted by Gasteiger charge is 2.28. The second-order valence-corrected chi connectivity index (χ2v) is 7.16. The number of aryl methyl sites for hydroxylation is 1. The summed E-state index contributed by atoms with van der Waals surface area (Å²) in [5.41, 5.74) is 6.47. The van der Waals surface area contributed by atoms with Crippen molar-refractivity contribution in [3.05, 3.63) is 78.0 Å². The summed E-state index contributed by atoms with van der Waals surface area (Å²) in [6.07, 6.45) is 3.90. The van der Waals surface area contributed by atoms with Gasteiger partial charge < -0.3 is 5.11 Å². The third-order valence-electron chi connectivity index (χ3n) is 5.06. The summed E-state index contributed by atoms with van der Waals surface area (Å²) in [7, 11) is 0. The Labute approximate surface area is 170 Å². The van der Waals surface area contributed by atoms with Crippen molar-refractivity contribution in [1.82, 2.24) is 0 Å². The maximum absolute atomic E-state index is 12.9. The van der Waals surface area contributed by atoms with E-state index in [2.05, 4.69) is 29.6 Å². The van der Waals surface area contributed by atoms with Gasteiger partial charge in [0, 0.05) is 17.3 Å². The number of anilines is 2. The van der Waals surface area contributed by atoms with Crippen LogP contribution in [0.2, 0.25) is 0 Å². The van der Waals surface area contributed by atoms with Crippen LogP contribution in [0.25, 0.3) is 10.8 Å². The van der Waals surface area contributed by atoms with Gasteiger partial charge in [-0.25, -0.2) is 0 Å². The van der Waals surface area contributed by atoms with Gasteiger partial charge in [-0.05, 0) is 48.1 Å². The average Bonchev–Trinajstić information content (AvgIpc) is 3.02. The van der Waals surface area contributed by atoms with Crippen molar-refractivity contribution in [3.8, 4) is 5.75 Å². The average molecular weight is 385 g/mol. The minimum atomic E-state index is -0.196. The molecule has 3 aromatic carbocycles.